The van der Waals surface area contributed by atoms with E-state index in [2.05, 4.69) is 44.9 Å². The van der Waals surface area contributed by atoms with Gasteiger partial charge >= 0.3 is 0 Å². The van der Waals surface area contributed by atoms with Crippen LogP contribution in [0.1, 0.15) is 45.2 Å². The molecule has 180 valence electrons. The number of hydrogen-bond acceptors (Lipinski definition) is 5. The number of fused-ring (bicyclic) bond motifs is 1. The molecule has 0 aliphatic carbocycles. The molecule has 2 atom stereocenters. The lowest BCUT2D eigenvalue weighted by atomic mass is 9.99. The van der Waals surface area contributed by atoms with E-state index in [9.17, 15) is 5.26 Å². The zero-order valence-electron chi connectivity index (χ0n) is 21.2. The summed E-state index contributed by atoms with van der Waals surface area (Å²) < 4.78 is 24.4. The van der Waals surface area contributed by atoms with Gasteiger partial charge in [-0.3, -0.25) is 0 Å². The molecule has 0 spiro atoms. The molecule has 0 radical (unpaired) electrons. The number of nitriles is 1. The Kier molecular flexibility index (Phi) is 6.07. The third-order valence-electron chi connectivity index (χ3n) is 7.50. The molecule has 0 saturated carbocycles. The number of hydrogen-bond donors (Lipinski definition) is 0. The summed E-state index contributed by atoms with van der Waals surface area (Å²) in [4.78, 5) is 6.53. The van der Waals surface area contributed by atoms with Gasteiger partial charge in [-0.15, -0.1) is 5.10 Å². The van der Waals surface area contributed by atoms with Gasteiger partial charge in [-0.2, -0.15) is 5.26 Å². The molecule has 1 fully saturated rings. The molecule has 1 aliphatic rings. The van der Waals surface area contributed by atoms with Crippen LogP contribution in [0.15, 0.2) is 36.5 Å². The molecule has 8 heteroatoms. The lowest BCUT2D eigenvalue weighted by molar-refractivity contribution is 0.0273. The van der Waals surface area contributed by atoms with E-state index in [4.69, 9.17) is 9.52 Å². The zero-order valence-corrected chi connectivity index (χ0v) is 22.2. The highest BCUT2D eigenvalue weighted by atomic mass is 28.4. The first-order valence-electron chi connectivity index (χ1n) is 11.8. The molecule has 3 heterocycles. The number of rotatable bonds is 5. The lowest BCUT2D eigenvalue weighted by Gasteiger charge is -2.41. The van der Waals surface area contributed by atoms with Crippen molar-refractivity contribution in [2.24, 2.45) is 0 Å². The topological polar surface area (TPSA) is 66.5 Å². The highest BCUT2D eigenvalue weighted by molar-refractivity contribution is 6.74. The monoisotopic (exact) mass is 479 g/mol. The van der Waals surface area contributed by atoms with E-state index in [-0.39, 0.29) is 11.6 Å². The standard InChI is InChI=1S/C26H34FN5OSi/c1-18-13-23-29-16-22(21-10-8-9-20(14-21)15-28)32(23)30-24(18)31-12-11-26(27,17-31)19(2)33-34(6,7)25(3,4)5/h8-10,13-14,16,19H,11-12,17H2,1-7H3. The summed E-state index contributed by atoms with van der Waals surface area (Å²) in [5, 5.41) is 14.2. The fraction of sp³-hybridized carbons (Fsp3) is 0.500. The Balaban J connectivity index is 1.63. The summed E-state index contributed by atoms with van der Waals surface area (Å²) in [6.07, 6.45) is 1.68. The van der Waals surface area contributed by atoms with Gasteiger partial charge in [0.25, 0.3) is 0 Å². The van der Waals surface area contributed by atoms with Crippen LogP contribution >= 0.6 is 0 Å². The molecule has 2 unspecified atom stereocenters. The summed E-state index contributed by atoms with van der Waals surface area (Å²) in [6.45, 7) is 15.6. The third-order valence-corrected chi connectivity index (χ3v) is 12.1. The maximum absolute atomic E-state index is 16.2. The number of anilines is 1. The number of imidazole rings is 1. The molecule has 1 saturated heterocycles. The lowest BCUT2D eigenvalue weighted by Crippen LogP contribution is -2.50. The molecular formula is C26H34FN5OSi. The molecule has 1 aromatic carbocycles. The van der Waals surface area contributed by atoms with Crippen molar-refractivity contribution >= 4 is 19.8 Å². The number of halogens is 1. The number of nitrogens with zero attached hydrogens (tertiary/aromatic N) is 5. The highest BCUT2D eigenvalue weighted by Crippen LogP contribution is 2.41. The van der Waals surface area contributed by atoms with Crippen molar-refractivity contribution in [3.05, 3.63) is 47.7 Å². The highest BCUT2D eigenvalue weighted by Gasteiger charge is 2.48. The Hall–Kier alpha value is -2.76. The summed E-state index contributed by atoms with van der Waals surface area (Å²) in [6, 6.07) is 11.5. The summed E-state index contributed by atoms with van der Waals surface area (Å²) in [7, 11) is -2.08. The minimum atomic E-state index is -2.08. The van der Waals surface area contributed by atoms with Gasteiger partial charge in [-0.1, -0.05) is 32.9 Å². The summed E-state index contributed by atoms with van der Waals surface area (Å²) >= 11 is 0. The first-order chi connectivity index (χ1) is 15.8. The van der Waals surface area contributed by atoms with Crippen LogP contribution in [0.5, 0.6) is 0 Å². The molecule has 0 bridgehead atoms. The minimum absolute atomic E-state index is 0.0275. The average molecular weight is 480 g/mol. The van der Waals surface area contributed by atoms with Gasteiger partial charge in [0, 0.05) is 18.5 Å². The molecule has 1 aliphatic heterocycles. The Morgan fingerprint density at radius 3 is 2.68 bits per heavy atom. The van der Waals surface area contributed by atoms with E-state index >= 15 is 4.39 Å². The maximum atomic E-state index is 16.2. The van der Waals surface area contributed by atoms with E-state index in [1.54, 1.807) is 16.8 Å². The van der Waals surface area contributed by atoms with Crippen LogP contribution in [-0.2, 0) is 4.43 Å². The predicted molar refractivity (Wildman–Crippen MR) is 136 cm³/mol. The van der Waals surface area contributed by atoms with Crippen molar-refractivity contribution in [1.29, 1.82) is 5.26 Å². The first kappa shape index (κ1) is 24.4. The van der Waals surface area contributed by atoms with Crippen molar-refractivity contribution in [1.82, 2.24) is 14.6 Å². The fourth-order valence-electron chi connectivity index (χ4n) is 4.29. The molecule has 0 amide bonds. The van der Waals surface area contributed by atoms with Crippen molar-refractivity contribution in [3.8, 4) is 17.3 Å². The van der Waals surface area contributed by atoms with E-state index < -0.39 is 20.1 Å². The quantitative estimate of drug-likeness (QED) is 0.426. The molecule has 0 N–H and O–H groups in total. The van der Waals surface area contributed by atoms with Crippen LogP contribution in [0.4, 0.5) is 10.2 Å². The Labute approximate surface area is 202 Å². The van der Waals surface area contributed by atoms with Gasteiger partial charge in [0.05, 0.1) is 36.2 Å². The van der Waals surface area contributed by atoms with Crippen molar-refractivity contribution < 1.29 is 8.82 Å². The SMILES string of the molecule is Cc1cc2ncc(-c3cccc(C#N)c3)n2nc1N1CCC(F)(C(C)O[Si](C)(C)C(C)(C)C)C1. The maximum Gasteiger partial charge on any atom is 0.192 e. The number of alkyl halides is 1. The zero-order chi connectivity index (χ0) is 24.9. The normalized spacial score (nSPS) is 20.0. The van der Waals surface area contributed by atoms with E-state index in [0.717, 1.165) is 28.3 Å². The smallest absolute Gasteiger partial charge is 0.192 e. The van der Waals surface area contributed by atoms with Crippen LogP contribution in [0.2, 0.25) is 18.1 Å². The number of aryl methyl sites for hydroxylation is 1. The summed E-state index contributed by atoms with van der Waals surface area (Å²) in [5.41, 5.74) is 2.49. The van der Waals surface area contributed by atoms with Crippen LogP contribution in [-0.4, -0.2) is 47.8 Å². The van der Waals surface area contributed by atoms with E-state index in [0.29, 0.717) is 18.5 Å². The second-order valence-corrected chi connectivity index (χ2v) is 15.7. The second kappa shape index (κ2) is 8.47. The van der Waals surface area contributed by atoms with E-state index in [1.165, 1.54) is 0 Å². The van der Waals surface area contributed by atoms with Gasteiger partial charge in [0.2, 0.25) is 0 Å². The van der Waals surface area contributed by atoms with Crippen molar-refractivity contribution in [2.75, 3.05) is 18.0 Å². The summed E-state index contributed by atoms with van der Waals surface area (Å²) in [5.74, 6) is 0.752. The van der Waals surface area contributed by atoms with E-state index in [1.807, 2.05) is 43.0 Å². The Morgan fingerprint density at radius 1 is 1.26 bits per heavy atom. The Morgan fingerprint density at radius 2 is 2.00 bits per heavy atom. The second-order valence-electron chi connectivity index (χ2n) is 11.0. The van der Waals surface area contributed by atoms with Crippen LogP contribution in [0.25, 0.3) is 16.9 Å². The molecule has 34 heavy (non-hydrogen) atoms. The minimum Gasteiger partial charge on any atom is -0.411 e. The van der Waals surface area contributed by atoms with Gasteiger partial charge in [0.15, 0.2) is 25.5 Å². The molecule has 2 aromatic heterocycles. The Bertz CT molecular complexity index is 1260. The molecule has 6 nitrogen and oxygen atoms in total. The predicted octanol–water partition coefficient (Wildman–Crippen LogP) is 5.91. The van der Waals surface area contributed by atoms with Crippen molar-refractivity contribution in [2.45, 2.75) is 70.9 Å². The van der Waals surface area contributed by atoms with Crippen LogP contribution < -0.4 is 4.90 Å². The van der Waals surface area contributed by atoms with Gasteiger partial charge in [-0.05, 0) is 55.7 Å². The molecular weight excluding hydrogens is 445 g/mol. The van der Waals surface area contributed by atoms with Crippen molar-refractivity contribution in [3.63, 3.8) is 0 Å². The number of benzene rings is 1. The van der Waals surface area contributed by atoms with Crippen LogP contribution in [0, 0.1) is 18.3 Å². The largest absolute Gasteiger partial charge is 0.411 e. The average Bonchev–Trinajstić information content (AvgIpc) is 3.36. The number of aromatic nitrogens is 3. The van der Waals surface area contributed by atoms with Crippen LogP contribution in [0.3, 0.4) is 0 Å². The van der Waals surface area contributed by atoms with Gasteiger partial charge in [-0.25, -0.2) is 13.9 Å². The van der Waals surface area contributed by atoms with Gasteiger partial charge in [0.1, 0.15) is 0 Å². The molecule has 4 rings (SSSR count). The fourth-order valence-corrected chi connectivity index (χ4v) is 5.73. The first-order valence-corrected chi connectivity index (χ1v) is 14.7. The van der Waals surface area contributed by atoms with Gasteiger partial charge < -0.3 is 9.33 Å². The molecule has 3 aromatic rings. The third kappa shape index (κ3) is 4.35.